The number of hydrogen-bond donors (Lipinski definition) is 6. The highest BCUT2D eigenvalue weighted by molar-refractivity contribution is 8.13. The first kappa shape index (κ1) is 72.8. The fraction of sp³-hybridized carbons (Fsp3) is 0.935. The van der Waals surface area contributed by atoms with Gasteiger partial charge < -0.3 is 31.1 Å². The first-order valence-electron chi connectivity index (χ1n) is 32.0. The molecule has 0 spiro atoms. The highest BCUT2D eigenvalue weighted by Gasteiger charge is 2.34. The number of aliphatic hydroxyl groups is 4. The topological polar surface area (TPSA) is 180 Å². The Balaban J connectivity index is 2.57. The summed E-state index contributed by atoms with van der Waals surface area (Å²) in [6, 6.07) is -1.71. The molecule has 76 heavy (non-hydrogen) atoms. The van der Waals surface area contributed by atoms with Crippen molar-refractivity contribution >= 4 is 45.6 Å². The quantitative estimate of drug-likeness (QED) is 0.0318. The van der Waals surface area contributed by atoms with E-state index in [1.54, 1.807) is 0 Å². The highest BCUT2D eigenvalue weighted by Crippen LogP contribution is 2.19. The van der Waals surface area contributed by atoms with E-state index in [9.17, 15) is 39.6 Å². The van der Waals surface area contributed by atoms with Gasteiger partial charge >= 0.3 is 0 Å². The average Bonchev–Trinajstić information content (AvgIpc) is 3.39. The summed E-state index contributed by atoms with van der Waals surface area (Å²) < 4.78 is 0. The molecule has 1 saturated heterocycles. The van der Waals surface area contributed by atoms with Gasteiger partial charge in [0, 0.05) is 57.1 Å². The van der Waals surface area contributed by atoms with Crippen LogP contribution in [0.2, 0.25) is 0 Å². The monoisotopic (exact) mass is 1110 g/mol. The molecular weight excluding hydrogens is 993 g/mol. The molecule has 1 heterocycles. The molecule has 0 aromatic heterocycles. The molecule has 1 fully saturated rings. The van der Waals surface area contributed by atoms with Crippen molar-refractivity contribution in [2.45, 2.75) is 321 Å². The number of thioether (sulfide) groups is 2. The summed E-state index contributed by atoms with van der Waals surface area (Å²) >= 11 is 2.07. The first-order chi connectivity index (χ1) is 36.9. The minimum atomic E-state index is -0.864. The lowest BCUT2D eigenvalue weighted by Crippen LogP contribution is -2.63. The Bertz CT molecular complexity index is 1330. The zero-order chi connectivity index (χ0) is 55.7. The Morgan fingerprint density at radius 3 is 0.947 bits per heavy atom. The molecule has 0 aromatic rings. The van der Waals surface area contributed by atoms with Gasteiger partial charge in [0.25, 0.3) is 0 Å². The van der Waals surface area contributed by atoms with E-state index in [4.69, 9.17) is 0 Å². The maximum absolute atomic E-state index is 13.2. The average molecular weight is 1110 g/mol. The largest absolute Gasteiger partial charge is 0.392 e. The van der Waals surface area contributed by atoms with Crippen LogP contribution in [-0.4, -0.2) is 140 Å². The Kier molecular flexibility index (Phi) is 49.6. The number of unbranched alkanes of at least 4 members (excludes halogenated alkanes) is 29. The molecule has 0 aliphatic carbocycles. The van der Waals surface area contributed by atoms with E-state index in [1.807, 2.05) is 4.90 Å². The fourth-order valence-corrected chi connectivity index (χ4v) is 12.1. The molecule has 6 unspecified atom stereocenters. The minimum absolute atomic E-state index is 0.0447. The van der Waals surface area contributed by atoms with Crippen LogP contribution in [0.15, 0.2) is 0 Å². The standard InChI is InChI=1S/C62H120N4O8S2/c1-5-9-13-17-21-25-29-33-39-53(67)47-65(48-54(68)40-34-30-26-22-18-14-10-6-2)45-38-37-43-59(71)75-51-57-61(73)64-58(62(74)63-57)52-76-60(72)44-46-66(49-55(69)41-35-31-27-23-19-15-11-7-3)50-56(70)42-36-32-28-24-20-16-12-8-4/h53-58,67-70H,5-52H2,1-4H3,(H,63,74)(H,64,73). The normalized spacial score (nSPS) is 16.6. The van der Waals surface area contributed by atoms with Crippen LogP contribution in [0.5, 0.6) is 0 Å². The lowest BCUT2D eigenvalue weighted by Gasteiger charge is -2.29. The summed E-state index contributed by atoms with van der Waals surface area (Å²) in [5, 5.41) is 49.4. The predicted molar refractivity (Wildman–Crippen MR) is 323 cm³/mol. The second-order valence-electron chi connectivity index (χ2n) is 22.9. The second kappa shape index (κ2) is 51.9. The van der Waals surface area contributed by atoms with Crippen molar-refractivity contribution in [2.75, 3.05) is 50.8 Å². The van der Waals surface area contributed by atoms with E-state index in [1.165, 1.54) is 154 Å². The van der Waals surface area contributed by atoms with Crippen LogP contribution < -0.4 is 10.6 Å². The third kappa shape index (κ3) is 43.5. The van der Waals surface area contributed by atoms with Crippen LogP contribution in [0.3, 0.4) is 0 Å². The number of carbonyl (C=O) groups excluding carboxylic acids is 4. The van der Waals surface area contributed by atoms with E-state index in [0.717, 1.165) is 94.2 Å². The number of amides is 2. The number of nitrogens with one attached hydrogen (secondary N) is 2. The number of carbonyl (C=O) groups is 4. The van der Waals surface area contributed by atoms with E-state index < -0.39 is 36.5 Å². The summed E-state index contributed by atoms with van der Waals surface area (Å²) in [6.07, 6.45) is 41.6. The summed E-state index contributed by atoms with van der Waals surface area (Å²) in [5.74, 6) is -0.516. The van der Waals surface area contributed by atoms with Crippen molar-refractivity contribution in [3.05, 3.63) is 0 Å². The fourth-order valence-electron chi connectivity index (χ4n) is 10.4. The Hall–Kier alpha value is -1.26. The van der Waals surface area contributed by atoms with Crippen molar-refractivity contribution in [2.24, 2.45) is 0 Å². The smallest absolute Gasteiger partial charge is 0.244 e. The van der Waals surface area contributed by atoms with Crippen LogP contribution in [-0.2, 0) is 19.2 Å². The molecular formula is C62H120N4O8S2. The maximum Gasteiger partial charge on any atom is 0.244 e. The molecule has 12 nitrogen and oxygen atoms in total. The lowest BCUT2D eigenvalue weighted by molar-refractivity contribution is -0.135. The predicted octanol–water partition coefficient (Wildman–Crippen LogP) is 13.2. The summed E-state index contributed by atoms with van der Waals surface area (Å²) in [6.45, 7) is 11.9. The van der Waals surface area contributed by atoms with Gasteiger partial charge in [-0.3, -0.25) is 29.0 Å². The number of piperazine rings is 1. The third-order valence-corrected chi connectivity index (χ3v) is 17.3. The zero-order valence-electron chi connectivity index (χ0n) is 49.5. The molecule has 0 bridgehead atoms. The van der Waals surface area contributed by atoms with Gasteiger partial charge in [-0.1, -0.05) is 257 Å². The molecule has 6 atom stereocenters. The van der Waals surface area contributed by atoms with Crippen molar-refractivity contribution < 1.29 is 39.6 Å². The van der Waals surface area contributed by atoms with Crippen molar-refractivity contribution in [1.29, 1.82) is 0 Å². The molecule has 0 aromatic carbocycles. The van der Waals surface area contributed by atoms with Crippen molar-refractivity contribution in [1.82, 2.24) is 20.4 Å². The molecule has 1 rings (SSSR count). The van der Waals surface area contributed by atoms with Gasteiger partial charge in [0.05, 0.1) is 24.4 Å². The SMILES string of the molecule is CCCCCCCCCCC(O)CN(CCCCC(=O)SCC1NC(=O)C(CSC(=O)CCN(CC(O)CCCCCCCCCC)CC(O)CCCCCCCCCC)NC1=O)CC(O)CCCCCCCCCC. The molecule has 1 aliphatic rings. The summed E-state index contributed by atoms with van der Waals surface area (Å²) in [4.78, 5) is 56.6. The van der Waals surface area contributed by atoms with Crippen LogP contribution in [0.25, 0.3) is 0 Å². The number of hydrogen-bond acceptors (Lipinski definition) is 12. The Labute approximate surface area is 475 Å². The van der Waals surface area contributed by atoms with Crippen LogP contribution >= 0.6 is 23.5 Å². The Morgan fingerprint density at radius 2 is 0.645 bits per heavy atom. The summed E-state index contributed by atoms with van der Waals surface area (Å²) in [5.41, 5.74) is 0. The molecule has 1 aliphatic heterocycles. The van der Waals surface area contributed by atoms with Gasteiger partial charge in [0.1, 0.15) is 12.1 Å². The Morgan fingerprint density at radius 1 is 0.382 bits per heavy atom. The van der Waals surface area contributed by atoms with Crippen molar-refractivity contribution in [3.8, 4) is 0 Å². The second-order valence-corrected chi connectivity index (χ2v) is 25.0. The summed E-state index contributed by atoms with van der Waals surface area (Å²) in [7, 11) is 0. The molecule has 0 saturated carbocycles. The van der Waals surface area contributed by atoms with Gasteiger partial charge in [-0.05, 0) is 45.1 Å². The van der Waals surface area contributed by atoms with E-state index in [-0.39, 0.29) is 40.0 Å². The maximum atomic E-state index is 13.2. The van der Waals surface area contributed by atoms with Gasteiger partial charge in [-0.25, -0.2) is 0 Å². The van der Waals surface area contributed by atoms with Gasteiger partial charge in [-0.2, -0.15) is 0 Å². The van der Waals surface area contributed by atoms with E-state index in [0.29, 0.717) is 65.0 Å². The van der Waals surface area contributed by atoms with E-state index in [2.05, 4.69) is 43.2 Å². The third-order valence-electron chi connectivity index (χ3n) is 15.3. The molecule has 448 valence electrons. The number of nitrogens with zero attached hydrogens (tertiary/aromatic N) is 2. The molecule has 2 amide bonds. The van der Waals surface area contributed by atoms with Crippen LogP contribution in [0, 0.1) is 0 Å². The van der Waals surface area contributed by atoms with Crippen LogP contribution in [0.4, 0.5) is 0 Å². The van der Waals surface area contributed by atoms with E-state index >= 15 is 0 Å². The first-order valence-corrected chi connectivity index (χ1v) is 34.0. The van der Waals surface area contributed by atoms with Crippen LogP contribution in [0.1, 0.15) is 285 Å². The number of rotatable bonds is 56. The molecule has 0 radical (unpaired) electrons. The number of aliphatic hydroxyl groups excluding tert-OH is 4. The van der Waals surface area contributed by atoms with Crippen molar-refractivity contribution in [3.63, 3.8) is 0 Å². The van der Waals surface area contributed by atoms with Gasteiger partial charge in [0.15, 0.2) is 10.2 Å². The lowest BCUT2D eigenvalue weighted by atomic mass is 10.0. The van der Waals surface area contributed by atoms with Gasteiger partial charge in [-0.15, -0.1) is 0 Å². The zero-order valence-corrected chi connectivity index (χ0v) is 51.2. The minimum Gasteiger partial charge on any atom is -0.392 e. The molecule has 6 N–H and O–H groups in total. The highest BCUT2D eigenvalue weighted by atomic mass is 32.2. The molecule has 14 heteroatoms. The van der Waals surface area contributed by atoms with Gasteiger partial charge in [0.2, 0.25) is 11.8 Å².